The molecule has 4 aromatic rings. The van der Waals surface area contributed by atoms with Crippen molar-refractivity contribution in [3.63, 3.8) is 0 Å². The molecule has 0 fully saturated rings. The Balaban J connectivity index is 2.05. The maximum atomic E-state index is 13.2. The number of hydrogen-bond acceptors (Lipinski definition) is 5. The number of nitrogens with zero attached hydrogens (tertiary/aromatic N) is 4. The molecule has 132 valence electrons. The molecule has 0 N–H and O–H groups in total. The second-order valence-corrected chi connectivity index (χ2v) is 7.84. The number of para-hydroxylation sites is 1. The van der Waals surface area contributed by atoms with Crippen molar-refractivity contribution >= 4 is 32.5 Å². The summed E-state index contributed by atoms with van der Waals surface area (Å²) in [6.45, 7) is 0. The van der Waals surface area contributed by atoms with E-state index >= 15 is 0 Å². The van der Waals surface area contributed by atoms with Crippen molar-refractivity contribution in [3.05, 3.63) is 77.8 Å². The topological polar surface area (TPSA) is 88.6 Å². The minimum atomic E-state index is -3.83. The predicted molar refractivity (Wildman–Crippen MR) is 102 cm³/mol. The molecule has 0 aliphatic carbocycles. The van der Waals surface area contributed by atoms with Crippen LogP contribution in [-0.2, 0) is 10.0 Å². The zero-order valence-corrected chi connectivity index (χ0v) is 15.3. The van der Waals surface area contributed by atoms with Crippen molar-refractivity contribution in [2.45, 2.75) is 4.90 Å². The van der Waals surface area contributed by atoms with E-state index in [4.69, 9.17) is 11.6 Å². The first-order valence-electron chi connectivity index (χ1n) is 7.86. The Hall–Kier alpha value is -3.21. The van der Waals surface area contributed by atoms with Crippen molar-refractivity contribution in [1.82, 2.24) is 13.9 Å². The van der Waals surface area contributed by atoms with Gasteiger partial charge >= 0.3 is 0 Å². The lowest BCUT2D eigenvalue weighted by molar-refractivity contribution is 0.589. The first-order chi connectivity index (χ1) is 13.0. The summed E-state index contributed by atoms with van der Waals surface area (Å²) in [4.78, 5) is 8.15. The maximum Gasteiger partial charge on any atom is 0.268 e. The first kappa shape index (κ1) is 17.2. The highest BCUT2D eigenvalue weighted by molar-refractivity contribution is 7.90. The van der Waals surface area contributed by atoms with E-state index in [1.807, 2.05) is 6.07 Å². The van der Waals surface area contributed by atoms with E-state index in [-0.39, 0.29) is 21.4 Å². The summed E-state index contributed by atoms with van der Waals surface area (Å²) in [7, 11) is -3.83. The van der Waals surface area contributed by atoms with E-state index in [0.717, 1.165) is 0 Å². The molecule has 2 aromatic heterocycles. The summed E-state index contributed by atoms with van der Waals surface area (Å²) in [6.07, 6.45) is 2.79. The zero-order valence-electron chi connectivity index (χ0n) is 13.7. The molecule has 4 rings (SSSR count). The molecular formula is C19H11ClN4O2S. The molecule has 0 atom stereocenters. The largest absolute Gasteiger partial charge is 0.268 e. The molecule has 0 radical (unpaired) electrons. The van der Waals surface area contributed by atoms with Gasteiger partial charge in [-0.25, -0.2) is 22.4 Å². The summed E-state index contributed by atoms with van der Waals surface area (Å²) in [6, 6.07) is 17.2. The first-order valence-corrected chi connectivity index (χ1v) is 9.68. The highest BCUT2D eigenvalue weighted by Gasteiger charge is 2.23. The number of fused-ring (bicyclic) bond motifs is 1. The van der Waals surface area contributed by atoms with E-state index in [2.05, 4.69) is 9.97 Å². The predicted octanol–water partition coefficient (Wildman–Crippen LogP) is 3.86. The van der Waals surface area contributed by atoms with Gasteiger partial charge in [0.25, 0.3) is 10.0 Å². The maximum absolute atomic E-state index is 13.2. The van der Waals surface area contributed by atoms with Crippen LogP contribution in [0.5, 0.6) is 0 Å². The Morgan fingerprint density at radius 3 is 2.48 bits per heavy atom. The van der Waals surface area contributed by atoms with Gasteiger partial charge in [-0.05, 0) is 29.8 Å². The Morgan fingerprint density at radius 2 is 1.74 bits per heavy atom. The van der Waals surface area contributed by atoms with Crippen molar-refractivity contribution in [2.75, 3.05) is 0 Å². The third-order valence-electron chi connectivity index (χ3n) is 4.11. The van der Waals surface area contributed by atoms with Crippen LogP contribution in [0.4, 0.5) is 0 Å². The van der Waals surface area contributed by atoms with Gasteiger partial charge in [-0.3, -0.25) is 0 Å². The van der Waals surface area contributed by atoms with Crippen LogP contribution in [0.15, 0.2) is 71.9 Å². The molecule has 0 saturated heterocycles. The van der Waals surface area contributed by atoms with E-state index in [1.165, 1.54) is 28.5 Å². The van der Waals surface area contributed by atoms with Gasteiger partial charge in [-0.2, -0.15) is 5.26 Å². The molecule has 2 aromatic carbocycles. The van der Waals surface area contributed by atoms with Crippen LogP contribution >= 0.6 is 11.6 Å². The van der Waals surface area contributed by atoms with Gasteiger partial charge in [0.15, 0.2) is 0 Å². The monoisotopic (exact) mass is 394 g/mol. The molecule has 0 spiro atoms. The van der Waals surface area contributed by atoms with Gasteiger partial charge in [-0.15, -0.1) is 0 Å². The lowest BCUT2D eigenvalue weighted by Gasteiger charge is -2.07. The van der Waals surface area contributed by atoms with Crippen LogP contribution in [0.3, 0.4) is 0 Å². The van der Waals surface area contributed by atoms with Crippen molar-refractivity contribution in [3.8, 4) is 17.3 Å². The Labute approximate surface area is 160 Å². The summed E-state index contributed by atoms with van der Waals surface area (Å²) in [5.74, 6) is 0. The average molecular weight is 395 g/mol. The minimum absolute atomic E-state index is 0.0215. The number of halogens is 1. The smallest absolute Gasteiger partial charge is 0.240 e. The Kier molecular flexibility index (Phi) is 4.15. The fourth-order valence-electron chi connectivity index (χ4n) is 2.89. The van der Waals surface area contributed by atoms with Crippen LogP contribution in [0.2, 0.25) is 5.28 Å². The molecule has 0 aliphatic rings. The second-order valence-electron chi connectivity index (χ2n) is 5.69. The quantitative estimate of drug-likeness (QED) is 0.492. The minimum Gasteiger partial charge on any atom is -0.240 e. The van der Waals surface area contributed by atoms with E-state index in [1.54, 1.807) is 42.5 Å². The molecule has 0 unspecified atom stereocenters. The van der Waals surface area contributed by atoms with Gasteiger partial charge in [0.1, 0.15) is 6.07 Å². The number of hydrogen-bond donors (Lipinski definition) is 0. The highest BCUT2D eigenvalue weighted by Crippen LogP contribution is 2.33. The van der Waals surface area contributed by atoms with Crippen LogP contribution in [-0.4, -0.2) is 22.4 Å². The van der Waals surface area contributed by atoms with Crippen molar-refractivity contribution in [1.29, 1.82) is 5.26 Å². The van der Waals surface area contributed by atoms with Crippen LogP contribution in [0.1, 0.15) is 5.56 Å². The summed E-state index contributed by atoms with van der Waals surface area (Å²) in [5.41, 5.74) is 1.47. The van der Waals surface area contributed by atoms with Crippen molar-refractivity contribution in [2.24, 2.45) is 0 Å². The Morgan fingerprint density at radius 1 is 1.04 bits per heavy atom. The summed E-state index contributed by atoms with van der Waals surface area (Å²) < 4.78 is 27.5. The third-order valence-corrected chi connectivity index (χ3v) is 5.98. The molecule has 27 heavy (non-hydrogen) atoms. The molecule has 2 heterocycles. The van der Waals surface area contributed by atoms with Crippen LogP contribution in [0.25, 0.3) is 22.2 Å². The molecule has 0 bridgehead atoms. The standard InChI is InChI=1S/C19H11ClN4O2S/c20-19-22-11-13(10-21)18(23-19)16-12-24(17-9-5-4-8-15(16)17)27(25,26)14-6-2-1-3-7-14/h1-9,11-12H. The number of rotatable bonds is 3. The normalized spacial score (nSPS) is 11.4. The fourth-order valence-corrected chi connectivity index (χ4v) is 4.41. The average Bonchev–Trinajstić information content (AvgIpc) is 3.09. The van der Waals surface area contributed by atoms with Gasteiger partial charge in [-0.1, -0.05) is 36.4 Å². The third kappa shape index (κ3) is 2.85. The summed E-state index contributed by atoms with van der Waals surface area (Å²) in [5, 5.41) is 10.0. The van der Waals surface area contributed by atoms with Gasteiger partial charge in [0.05, 0.1) is 27.9 Å². The molecule has 0 amide bonds. The highest BCUT2D eigenvalue weighted by atomic mass is 35.5. The molecule has 0 saturated carbocycles. The van der Waals surface area contributed by atoms with E-state index < -0.39 is 10.0 Å². The zero-order chi connectivity index (χ0) is 19.0. The number of aromatic nitrogens is 3. The molecule has 0 aliphatic heterocycles. The second kappa shape index (κ2) is 6.50. The van der Waals surface area contributed by atoms with Gasteiger partial charge < -0.3 is 0 Å². The number of nitriles is 1. The molecular weight excluding hydrogens is 384 g/mol. The van der Waals surface area contributed by atoms with Crippen LogP contribution in [0, 0.1) is 11.3 Å². The molecule has 8 heteroatoms. The Bertz CT molecular complexity index is 1310. The summed E-state index contributed by atoms with van der Waals surface area (Å²) >= 11 is 5.91. The lowest BCUT2D eigenvalue weighted by atomic mass is 10.1. The van der Waals surface area contributed by atoms with Crippen LogP contribution < -0.4 is 0 Å². The SMILES string of the molecule is N#Cc1cnc(Cl)nc1-c1cn(S(=O)(=O)c2ccccc2)c2ccccc12. The fraction of sp³-hybridized carbons (Fsp3) is 0. The van der Waals surface area contributed by atoms with Gasteiger partial charge in [0.2, 0.25) is 5.28 Å². The van der Waals surface area contributed by atoms with E-state index in [9.17, 15) is 13.7 Å². The van der Waals surface area contributed by atoms with E-state index in [0.29, 0.717) is 16.5 Å². The lowest BCUT2D eigenvalue weighted by Crippen LogP contribution is -2.11. The van der Waals surface area contributed by atoms with Gasteiger partial charge in [0, 0.05) is 17.1 Å². The molecule has 6 nitrogen and oxygen atoms in total. The number of benzene rings is 2. The van der Waals surface area contributed by atoms with Crippen molar-refractivity contribution < 1.29 is 8.42 Å².